The summed E-state index contributed by atoms with van der Waals surface area (Å²) in [6.07, 6.45) is 8.15. The smallest absolute Gasteiger partial charge is 0.123 e. The fourth-order valence-electron chi connectivity index (χ4n) is 5.31. The molecular weight excluding hydrogens is 411 g/mol. The van der Waals surface area contributed by atoms with Crippen molar-refractivity contribution in [3.63, 3.8) is 0 Å². The first kappa shape index (κ1) is 20.1. The summed E-state index contributed by atoms with van der Waals surface area (Å²) in [5, 5.41) is 8.02. The summed E-state index contributed by atoms with van der Waals surface area (Å²) in [6, 6.07) is 21.9. The first-order chi connectivity index (χ1) is 16.3. The van der Waals surface area contributed by atoms with Crippen LogP contribution in [0.4, 0.5) is 4.39 Å². The number of rotatable bonds is 4. The molecule has 2 aromatic carbocycles. The molecule has 4 aromatic rings. The molecule has 0 amide bonds. The second-order valence-electron chi connectivity index (χ2n) is 8.91. The molecular formula is C28H25FN4. The van der Waals surface area contributed by atoms with Gasteiger partial charge in [-0.3, -0.25) is 15.0 Å². The van der Waals surface area contributed by atoms with Crippen LogP contribution in [0.5, 0.6) is 0 Å². The van der Waals surface area contributed by atoms with Crippen LogP contribution in [-0.4, -0.2) is 39.2 Å². The molecule has 1 saturated heterocycles. The third kappa shape index (κ3) is 3.79. The molecule has 33 heavy (non-hydrogen) atoms. The third-order valence-corrected chi connectivity index (χ3v) is 6.96. The Morgan fingerprint density at radius 2 is 1.70 bits per heavy atom. The van der Waals surface area contributed by atoms with Crippen molar-refractivity contribution in [1.29, 1.82) is 0 Å². The summed E-state index contributed by atoms with van der Waals surface area (Å²) in [7, 11) is 0. The highest BCUT2D eigenvalue weighted by Crippen LogP contribution is 2.41. The second kappa shape index (κ2) is 8.41. The molecule has 2 aromatic heterocycles. The zero-order chi connectivity index (χ0) is 22.2. The number of nitrogens with zero attached hydrogens (tertiary/aromatic N) is 3. The number of hydrogen-bond acceptors (Lipinski definition) is 3. The Kier molecular flexibility index (Phi) is 5.11. The zero-order valence-electron chi connectivity index (χ0n) is 18.3. The van der Waals surface area contributed by atoms with Crippen molar-refractivity contribution in [2.24, 2.45) is 0 Å². The van der Waals surface area contributed by atoms with Gasteiger partial charge in [0.15, 0.2) is 0 Å². The molecule has 2 atom stereocenters. The Labute approximate surface area is 192 Å². The van der Waals surface area contributed by atoms with Crippen molar-refractivity contribution in [3.05, 3.63) is 102 Å². The molecule has 0 bridgehead atoms. The maximum Gasteiger partial charge on any atom is 0.123 e. The Morgan fingerprint density at radius 3 is 2.48 bits per heavy atom. The van der Waals surface area contributed by atoms with Gasteiger partial charge in [0, 0.05) is 42.7 Å². The van der Waals surface area contributed by atoms with Crippen LogP contribution in [-0.2, 0) is 0 Å². The van der Waals surface area contributed by atoms with Gasteiger partial charge in [0.25, 0.3) is 0 Å². The molecule has 0 aliphatic carbocycles. The van der Waals surface area contributed by atoms with Crippen LogP contribution in [0.25, 0.3) is 28.0 Å². The standard InChI is InChI=1S/C28H25FN4/c29-24-8-6-21(7-9-24)27-26(20-10-13-30-14-11-20)28(32-31-27)22-12-15-33-18-23(17-25(33)16-22)19-4-2-1-3-5-19/h1-11,13-14,16,23,25H,12,15,17-18H2,(H,31,32)/t23-,25-/m1/s1. The molecule has 4 heterocycles. The Bertz CT molecular complexity index is 1280. The van der Waals surface area contributed by atoms with Crippen LogP contribution in [0.3, 0.4) is 0 Å². The van der Waals surface area contributed by atoms with Crippen LogP contribution in [0.15, 0.2) is 85.2 Å². The van der Waals surface area contributed by atoms with Gasteiger partial charge in [0.2, 0.25) is 0 Å². The molecule has 1 N–H and O–H groups in total. The van der Waals surface area contributed by atoms with Crippen molar-refractivity contribution in [2.45, 2.75) is 24.8 Å². The molecule has 0 spiro atoms. The summed E-state index contributed by atoms with van der Waals surface area (Å²) in [5.74, 6) is 0.326. The number of nitrogens with one attached hydrogen (secondary N) is 1. The average Bonchev–Trinajstić information content (AvgIpc) is 3.50. The van der Waals surface area contributed by atoms with Crippen LogP contribution in [0, 0.1) is 5.82 Å². The monoisotopic (exact) mass is 436 g/mol. The quantitative estimate of drug-likeness (QED) is 0.432. The van der Waals surface area contributed by atoms with Crippen LogP contribution in [0.2, 0.25) is 0 Å². The minimum absolute atomic E-state index is 0.246. The number of H-pyrrole nitrogens is 1. The fraction of sp³-hybridized carbons (Fsp3) is 0.214. The lowest BCUT2D eigenvalue weighted by atomic mass is 9.91. The second-order valence-corrected chi connectivity index (χ2v) is 8.91. The summed E-state index contributed by atoms with van der Waals surface area (Å²) in [6.45, 7) is 2.15. The van der Waals surface area contributed by atoms with Gasteiger partial charge in [-0.15, -0.1) is 0 Å². The first-order valence-electron chi connectivity index (χ1n) is 11.5. The van der Waals surface area contributed by atoms with E-state index in [4.69, 9.17) is 5.10 Å². The van der Waals surface area contributed by atoms with Gasteiger partial charge in [-0.2, -0.15) is 5.10 Å². The minimum atomic E-state index is -0.246. The number of aromatic amines is 1. The van der Waals surface area contributed by atoms with Gasteiger partial charge in [0.05, 0.1) is 5.69 Å². The van der Waals surface area contributed by atoms with E-state index in [1.807, 2.05) is 12.1 Å². The average molecular weight is 437 g/mol. The van der Waals surface area contributed by atoms with E-state index >= 15 is 0 Å². The van der Waals surface area contributed by atoms with Gasteiger partial charge >= 0.3 is 0 Å². The molecule has 0 saturated carbocycles. The zero-order valence-corrected chi connectivity index (χ0v) is 18.3. The number of halogens is 1. The maximum atomic E-state index is 13.6. The fourth-order valence-corrected chi connectivity index (χ4v) is 5.31. The molecule has 0 radical (unpaired) electrons. The number of benzene rings is 2. The number of pyridine rings is 1. The number of fused-ring (bicyclic) bond motifs is 1. The van der Waals surface area contributed by atoms with Crippen LogP contribution >= 0.6 is 0 Å². The van der Waals surface area contributed by atoms with E-state index in [0.717, 1.165) is 54.0 Å². The normalized spacial score (nSPS) is 20.5. The topological polar surface area (TPSA) is 44.8 Å². The van der Waals surface area contributed by atoms with Gasteiger partial charge in [-0.25, -0.2) is 4.39 Å². The van der Waals surface area contributed by atoms with Gasteiger partial charge in [0.1, 0.15) is 11.5 Å². The molecule has 0 unspecified atom stereocenters. The van der Waals surface area contributed by atoms with E-state index in [1.54, 1.807) is 24.5 Å². The molecule has 5 heteroatoms. The summed E-state index contributed by atoms with van der Waals surface area (Å²) in [4.78, 5) is 6.79. The number of aromatic nitrogens is 3. The van der Waals surface area contributed by atoms with E-state index in [9.17, 15) is 4.39 Å². The summed E-state index contributed by atoms with van der Waals surface area (Å²) >= 11 is 0. The highest BCUT2D eigenvalue weighted by atomic mass is 19.1. The molecule has 4 nitrogen and oxygen atoms in total. The molecule has 1 fully saturated rings. The van der Waals surface area contributed by atoms with Gasteiger partial charge in [-0.1, -0.05) is 36.4 Å². The SMILES string of the molecule is Fc1ccc(-c2n[nH]c(C3=C[C@@H]4C[C@@H](c5ccccc5)CN4CC3)c2-c2ccncc2)cc1. The largest absolute Gasteiger partial charge is 0.296 e. The van der Waals surface area contributed by atoms with Crippen molar-refractivity contribution in [2.75, 3.05) is 13.1 Å². The lowest BCUT2D eigenvalue weighted by Gasteiger charge is -2.28. The van der Waals surface area contributed by atoms with Gasteiger partial charge < -0.3 is 0 Å². The Balaban J connectivity index is 1.38. The highest BCUT2D eigenvalue weighted by molar-refractivity contribution is 5.89. The third-order valence-electron chi connectivity index (χ3n) is 6.96. The van der Waals surface area contributed by atoms with E-state index in [0.29, 0.717) is 12.0 Å². The predicted octanol–water partition coefficient (Wildman–Crippen LogP) is 5.92. The van der Waals surface area contributed by atoms with Crippen LogP contribution < -0.4 is 0 Å². The van der Waals surface area contributed by atoms with E-state index < -0.39 is 0 Å². The lowest BCUT2D eigenvalue weighted by Crippen LogP contribution is -2.32. The first-order valence-corrected chi connectivity index (χ1v) is 11.5. The molecule has 2 aliphatic heterocycles. The maximum absolute atomic E-state index is 13.6. The van der Waals surface area contributed by atoms with E-state index in [-0.39, 0.29) is 5.82 Å². The Morgan fingerprint density at radius 1 is 0.909 bits per heavy atom. The van der Waals surface area contributed by atoms with Crippen LogP contribution in [0.1, 0.15) is 30.0 Å². The van der Waals surface area contributed by atoms with Crippen molar-refractivity contribution in [1.82, 2.24) is 20.1 Å². The predicted molar refractivity (Wildman–Crippen MR) is 129 cm³/mol. The molecule has 2 aliphatic rings. The van der Waals surface area contributed by atoms with Gasteiger partial charge in [-0.05, 0) is 71.9 Å². The van der Waals surface area contributed by atoms with Crippen molar-refractivity contribution < 1.29 is 4.39 Å². The molecule has 164 valence electrons. The summed E-state index contributed by atoms with van der Waals surface area (Å²) in [5.41, 5.74) is 7.65. The van der Waals surface area contributed by atoms with Crippen molar-refractivity contribution >= 4 is 5.57 Å². The van der Waals surface area contributed by atoms with Crippen molar-refractivity contribution in [3.8, 4) is 22.4 Å². The number of hydrogen-bond donors (Lipinski definition) is 1. The minimum Gasteiger partial charge on any atom is -0.296 e. The Hall–Kier alpha value is -3.57. The summed E-state index contributed by atoms with van der Waals surface area (Å²) < 4.78 is 13.6. The highest BCUT2D eigenvalue weighted by Gasteiger charge is 2.35. The lowest BCUT2D eigenvalue weighted by molar-refractivity contribution is 0.285. The van der Waals surface area contributed by atoms with E-state index in [1.165, 1.54) is 23.3 Å². The van der Waals surface area contributed by atoms with E-state index in [2.05, 4.69) is 51.4 Å². The molecule has 6 rings (SSSR count).